The van der Waals surface area contributed by atoms with Crippen LogP contribution in [0.25, 0.3) is 11.4 Å². The van der Waals surface area contributed by atoms with Gasteiger partial charge in [-0.15, -0.1) is 0 Å². The second-order valence-electron chi connectivity index (χ2n) is 5.47. The summed E-state index contributed by atoms with van der Waals surface area (Å²) in [6, 6.07) is 7.67. The maximum absolute atomic E-state index is 11.5. The molecule has 7 heteroatoms. The van der Waals surface area contributed by atoms with Crippen LogP contribution in [0.5, 0.6) is 0 Å². The number of carbonyl (C=O) groups is 1. The molecule has 1 amide bonds. The zero-order valence-corrected chi connectivity index (χ0v) is 13.7. The number of carbonyl (C=O) groups excluding carboxylic acids is 1. The lowest BCUT2D eigenvalue weighted by molar-refractivity contribution is 0.0522. The van der Waals surface area contributed by atoms with E-state index in [1.807, 2.05) is 45.0 Å². The molecule has 0 fully saturated rings. The number of rotatable bonds is 3. The van der Waals surface area contributed by atoms with Crippen LogP contribution in [-0.2, 0) is 11.3 Å². The van der Waals surface area contributed by atoms with Crippen molar-refractivity contribution in [2.24, 2.45) is 0 Å². The standard InChI is InChI=1S/C14H17BrN4O2/c1-14(2,3)21-13(20)16-8-11-17-12(19-18-11)9-4-6-10(15)7-5-9/h4-7H,8H2,1-3H3,(H,16,20)(H,17,18,19). The molecular formula is C14H17BrN4O2. The molecule has 1 heterocycles. The predicted molar refractivity (Wildman–Crippen MR) is 82.6 cm³/mol. The molecule has 1 aromatic carbocycles. The summed E-state index contributed by atoms with van der Waals surface area (Å²) >= 11 is 3.38. The van der Waals surface area contributed by atoms with Crippen LogP contribution in [0, 0.1) is 0 Å². The molecule has 0 atom stereocenters. The van der Waals surface area contributed by atoms with E-state index in [-0.39, 0.29) is 6.54 Å². The second-order valence-corrected chi connectivity index (χ2v) is 6.38. The zero-order chi connectivity index (χ0) is 15.5. The average Bonchev–Trinajstić information content (AvgIpc) is 2.84. The minimum atomic E-state index is -0.520. The first-order chi connectivity index (χ1) is 9.83. The number of benzene rings is 1. The number of ether oxygens (including phenoxy) is 1. The van der Waals surface area contributed by atoms with Gasteiger partial charge in [-0.3, -0.25) is 5.10 Å². The largest absolute Gasteiger partial charge is 0.444 e. The first-order valence-corrected chi connectivity index (χ1v) is 7.27. The molecule has 0 aliphatic heterocycles. The van der Waals surface area contributed by atoms with Crippen molar-refractivity contribution in [2.45, 2.75) is 32.9 Å². The lowest BCUT2D eigenvalue weighted by Gasteiger charge is -2.19. The Morgan fingerprint density at radius 2 is 2.00 bits per heavy atom. The molecule has 0 radical (unpaired) electrons. The number of aromatic nitrogens is 3. The molecular weight excluding hydrogens is 336 g/mol. The van der Waals surface area contributed by atoms with Crippen molar-refractivity contribution in [2.75, 3.05) is 0 Å². The Labute approximate surface area is 131 Å². The van der Waals surface area contributed by atoms with Gasteiger partial charge < -0.3 is 10.1 Å². The van der Waals surface area contributed by atoms with E-state index in [1.54, 1.807) is 0 Å². The molecule has 0 unspecified atom stereocenters. The van der Waals surface area contributed by atoms with E-state index in [1.165, 1.54) is 0 Å². The number of hydrogen-bond acceptors (Lipinski definition) is 4. The topological polar surface area (TPSA) is 79.9 Å². The molecule has 1 aromatic heterocycles. The fourth-order valence-electron chi connectivity index (χ4n) is 1.57. The number of halogens is 1. The van der Waals surface area contributed by atoms with Crippen LogP contribution in [-0.4, -0.2) is 26.9 Å². The van der Waals surface area contributed by atoms with E-state index >= 15 is 0 Å². The Bertz CT molecular complexity index is 617. The van der Waals surface area contributed by atoms with Gasteiger partial charge in [0.2, 0.25) is 0 Å². The molecule has 0 spiro atoms. The Kier molecular flexibility index (Phi) is 4.62. The summed E-state index contributed by atoms with van der Waals surface area (Å²) in [7, 11) is 0. The van der Waals surface area contributed by atoms with Crippen molar-refractivity contribution in [1.82, 2.24) is 20.5 Å². The molecule has 0 saturated heterocycles. The number of alkyl carbamates (subject to hydrolysis) is 1. The summed E-state index contributed by atoms with van der Waals surface area (Å²) < 4.78 is 6.14. The molecule has 0 aliphatic rings. The molecule has 0 bridgehead atoms. The van der Waals surface area contributed by atoms with Gasteiger partial charge in [0.1, 0.15) is 11.4 Å². The number of aromatic amines is 1. The average molecular weight is 353 g/mol. The maximum atomic E-state index is 11.5. The van der Waals surface area contributed by atoms with Crippen molar-refractivity contribution in [3.63, 3.8) is 0 Å². The Morgan fingerprint density at radius 3 is 2.62 bits per heavy atom. The number of amides is 1. The summed E-state index contributed by atoms with van der Waals surface area (Å²) in [4.78, 5) is 15.9. The molecule has 21 heavy (non-hydrogen) atoms. The molecule has 112 valence electrons. The minimum absolute atomic E-state index is 0.235. The molecule has 2 N–H and O–H groups in total. The second kappa shape index (κ2) is 6.26. The van der Waals surface area contributed by atoms with Crippen molar-refractivity contribution in [1.29, 1.82) is 0 Å². The lowest BCUT2D eigenvalue weighted by atomic mass is 10.2. The van der Waals surface area contributed by atoms with Gasteiger partial charge in [0.25, 0.3) is 0 Å². The summed E-state index contributed by atoms with van der Waals surface area (Å²) in [5, 5.41) is 9.55. The molecule has 2 aromatic rings. The highest BCUT2D eigenvalue weighted by Gasteiger charge is 2.16. The minimum Gasteiger partial charge on any atom is -0.444 e. The van der Waals surface area contributed by atoms with Gasteiger partial charge in [-0.05, 0) is 32.9 Å². The van der Waals surface area contributed by atoms with E-state index in [0.29, 0.717) is 11.6 Å². The maximum Gasteiger partial charge on any atom is 0.408 e. The number of H-pyrrole nitrogens is 1. The first kappa shape index (κ1) is 15.5. The van der Waals surface area contributed by atoms with Crippen LogP contribution in [0.1, 0.15) is 26.6 Å². The highest BCUT2D eigenvalue weighted by atomic mass is 79.9. The van der Waals surface area contributed by atoms with Gasteiger partial charge in [0.05, 0.1) is 6.54 Å². The Hall–Kier alpha value is -1.89. The lowest BCUT2D eigenvalue weighted by Crippen LogP contribution is -2.32. The number of nitrogens with one attached hydrogen (secondary N) is 2. The van der Waals surface area contributed by atoms with E-state index < -0.39 is 11.7 Å². The quantitative estimate of drug-likeness (QED) is 0.888. The van der Waals surface area contributed by atoms with Crippen molar-refractivity contribution >= 4 is 22.0 Å². The van der Waals surface area contributed by atoms with E-state index in [9.17, 15) is 4.79 Å². The summed E-state index contributed by atoms with van der Waals surface area (Å²) in [6.07, 6.45) is -0.482. The van der Waals surface area contributed by atoms with Crippen LogP contribution in [0.3, 0.4) is 0 Å². The normalized spacial score (nSPS) is 11.2. The van der Waals surface area contributed by atoms with Crippen molar-refractivity contribution in [3.8, 4) is 11.4 Å². The van der Waals surface area contributed by atoms with Crippen LogP contribution in [0.4, 0.5) is 4.79 Å². The van der Waals surface area contributed by atoms with Crippen LogP contribution >= 0.6 is 15.9 Å². The van der Waals surface area contributed by atoms with E-state index in [4.69, 9.17) is 4.74 Å². The van der Waals surface area contributed by atoms with Gasteiger partial charge >= 0.3 is 6.09 Å². The van der Waals surface area contributed by atoms with E-state index in [2.05, 4.69) is 36.4 Å². The smallest absolute Gasteiger partial charge is 0.408 e. The van der Waals surface area contributed by atoms with Crippen molar-refractivity contribution in [3.05, 3.63) is 34.6 Å². The van der Waals surface area contributed by atoms with Crippen LogP contribution < -0.4 is 5.32 Å². The van der Waals surface area contributed by atoms with Crippen molar-refractivity contribution < 1.29 is 9.53 Å². The molecule has 0 aliphatic carbocycles. The number of nitrogens with zero attached hydrogens (tertiary/aromatic N) is 2. The van der Waals surface area contributed by atoms with E-state index in [0.717, 1.165) is 10.0 Å². The van der Waals surface area contributed by atoms with Gasteiger partial charge in [-0.25, -0.2) is 9.78 Å². The number of hydrogen-bond donors (Lipinski definition) is 2. The third kappa shape index (κ3) is 4.86. The highest BCUT2D eigenvalue weighted by Crippen LogP contribution is 2.18. The van der Waals surface area contributed by atoms with Crippen LogP contribution in [0.2, 0.25) is 0 Å². The monoisotopic (exact) mass is 352 g/mol. The summed E-state index contributed by atoms with van der Waals surface area (Å²) in [6.45, 7) is 5.67. The molecule has 2 rings (SSSR count). The zero-order valence-electron chi connectivity index (χ0n) is 12.1. The van der Waals surface area contributed by atoms with Gasteiger partial charge in [-0.2, -0.15) is 5.10 Å². The fraction of sp³-hybridized carbons (Fsp3) is 0.357. The molecule has 0 saturated carbocycles. The predicted octanol–water partition coefficient (Wildman–Crippen LogP) is 3.26. The van der Waals surface area contributed by atoms with Gasteiger partial charge in [0, 0.05) is 10.0 Å². The summed E-state index contributed by atoms with van der Waals surface area (Å²) in [5.74, 6) is 1.15. The third-order valence-electron chi connectivity index (χ3n) is 2.43. The molecule has 6 nitrogen and oxygen atoms in total. The fourth-order valence-corrected chi connectivity index (χ4v) is 1.84. The SMILES string of the molecule is CC(C)(C)OC(=O)NCc1nc(-c2ccc(Br)cc2)n[nH]1. The van der Waals surface area contributed by atoms with Gasteiger partial charge in [0.15, 0.2) is 5.82 Å². The Balaban J connectivity index is 1.94. The Morgan fingerprint density at radius 1 is 1.33 bits per heavy atom. The van der Waals surface area contributed by atoms with Crippen LogP contribution in [0.15, 0.2) is 28.7 Å². The highest BCUT2D eigenvalue weighted by molar-refractivity contribution is 9.10. The summed E-state index contributed by atoms with van der Waals surface area (Å²) in [5.41, 5.74) is 0.381. The first-order valence-electron chi connectivity index (χ1n) is 6.47. The van der Waals surface area contributed by atoms with Gasteiger partial charge in [-0.1, -0.05) is 28.1 Å². The third-order valence-corrected chi connectivity index (χ3v) is 2.96.